The summed E-state index contributed by atoms with van der Waals surface area (Å²) in [6.07, 6.45) is 0.0693. The van der Waals surface area contributed by atoms with Crippen LogP contribution in [0, 0.1) is 4.77 Å². The topological polar surface area (TPSA) is 81.3 Å². The normalized spacial score (nSPS) is 9.76. The van der Waals surface area contributed by atoms with Gasteiger partial charge in [0.2, 0.25) is 0 Å². The zero-order valence-corrected chi connectivity index (χ0v) is 10.3. The van der Waals surface area contributed by atoms with E-state index in [-0.39, 0.29) is 17.6 Å². The fourth-order valence-electron chi connectivity index (χ4n) is 1.20. The molecule has 0 bridgehead atoms. The van der Waals surface area contributed by atoms with E-state index in [0.29, 0.717) is 11.4 Å². The van der Waals surface area contributed by atoms with Crippen LogP contribution in [0.15, 0.2) is 6.07 Å². The van der Waals surface area contributed by atoms with Gasteiger partial charge in [-0.15, -0.1) is 0 Å². The third-order valence-electron chi connectivity index (χ3n) is 1.97. The Kier molecular flexibility index (Phi) is 4.77. The lowest BCUT2D eigenvalue weighted by molar-refractivity contribution is -0.140. The molecule has 1 aromatic heterocycles. The molecule has 0 fully saturated rings. The van der Waals surface area contributed by atoms with Crippen molar-refractivity contribution in [3.05, 3.63) is 22.2 Å². The molecule has 0 unspecified atom stereocenters. The molecule has 7 heteroatoms. The number of hydrogen-bond donors (Lipinski definition) is 1. The maximum atomic E-state index is 11.1. The molecule has 0 amide bonds. The van der Waals surface area contributed by atoms with Crippen LogP contribution in [-0.2, 0) is 31.9 Å². The van der Waals surface area contributed by atoms with Crippen molar-refractivity contribution in [3.63, 3.8) is 0 Å². The molecule has 0 spiro atoms. The molecule has 0 aliphatic heterocycles. The molecule has 17 heavy (non-hydrogen) atoms. The molecule has 0 aliphatic rings. The number of carbonyl (C=O) groups is 2. The Morgan fingerprint density at radius 1 is 1.29 bits per heavy atom. The third-order valence-corrected chi connectivity index (χ3v) is 2.16. The van der Waals surface area contributed by atoms with Crippen LogP contribution in [0.25, 0.3) is 0 Å². The van der Waals surface area contributed by atoms with E-state index in [1.807, 2.05) is 0 Å². The van der Waals surface area contributed by atoms with Gasteiger partial charge in [0.1, 0.15) is 0 Å². The molecular formula is C10H12N2O4S. The first-order chi connectivity index (χ1) is 8.05. The maximum Gasteiger partial charge on any atom is 0.311 e. The van der Waals surface area contributed by atoms with Crippen LogP contribution in [0.1, 0.15) is 11.4 Å². The number of nitrogens with one attached hydrogen (secondary N) is 1. The summed E-state index contributed by atoms with van der Waals surface area (Å²) in [7, 11) is 2.59. The monoisotopic (exact) mass is 256 g/mol. The molecule has 0 aliphatic carbocycles. The number of H-pyrrole nitrogens is 1. The molecule has 0 aromatic carbocycles. The number of methoxy groups -OCH3 is 2. The zero-order chi connectivity index (χ0) is 12.8. The number of esters is 2. The highest BCUT2D eigenvalue weighted by molar-refractivity contribution is 7.71. The van der Waals surface area contributed by atoms with Crippen molar-refractivity contribution < 1.29 is 19.1 Å². The number of hydrogen-bond acceptors (Lipinski definition) is 6. The Hall–Kier alpha value is -1.76. The second-order valence-electron chi connectivity index (χ2n) is 3.21. The summed E-state index contributed by atoms with van der Waals surface area (Å²) in [6.45, 7) is 0. The van der Waals surface area contributed by atoms with Crippen LogP contribution in [0.2, 0.25) is 0 Å². The molecule has 0 radical (unpaired) electrons. The first-order valence-corrected chi connectivity index (χ1v) is 5.18. The van der Waals surface area contributed by atoms with E-state index in [4.69, 9.17) is 12.2 Å². The summed E-state index contributed by atoms with van der Waals surface area (Å²) < 4.78 is 9.27. The number of rotatable bonds is 4. The first kappa shape index (κ1) is 13.3. The zero-order valence-electron chi connectivity index (χ0n) is 9.48. The summed E-state index contributed by atoms with van der Waals surface area (Å²) in [6, 6.07) is 1.59. The summed E-state index contributed by atoms with van der Waals surface area (Å²) >= 11 is 4.89. The Morgan fingerprint density at radius 2 is 1.88 bits per heavy atom. The predicted octanol–water partition coefficient (Wildman–Crippen LogP) is 0.570. The van der Waals surface area contributed by atoms with Crippen LogP contribution in [0.5, 0.6) is 0 Å². The van der Waals surface area contributed by atoms with Gasteiger partial charge in [0.15, 0.2) is 4.77 Å². The Labute approximate surface area is 103 Å². The lowest BCUT2D eigenvalue weighted by Gasteiger charge is -2.03. The van der Waals surface area contributed by atoms with Crippen molar-refractivity contribution in [2.75, 3.05) is 14.2 Å². The minimum Gasteiger partial charge on any atom is -0.469 e. The maximum absolute atomic E-state index is 11.1. The summed E-state index contributed by atoms with van der Waals surface area (Å²) in [4.78, 5) is 28.9. The number of carbonyl (C=O) groups excluding carboxylic acids is 2. The van der Waals surface area contributed by atoms with Crippen LogP contribution in [0.3, 0.4) is 0 Å². The van der Waals surface area contributed by atoms with Gasteiger partial charge in [0.05, 0.1) is 32.8 Å². The highest BCUT2D eigenvalue weighted by Crippen LogP contribution is 2.03. The van der Waals surface area contributed by atoms with Crippen molar-refractivity contribution in [1.82, 2.24) is 9.97 Å². The van der Waals surface area contributed by atoms with Gasteiger partial charge in [-0.1, -0.05) is 0 Å². The number of aromatic amines is 1. The van der Waals surface area contributed by atoms with Crippen LogP contribution in [-0.4, -0.2) is 36.1 Å². The van der Waals surface area contributed by atoms with Gasteiger partial charge in [-0.2, -0.15) is 0 Å². The second-order valence-corrected chi connectivity index (χ2v) is 3.60. The largest absolute Gasteiger partial charge is 0.469 e. The quantitative estimate of drug-likeness (QED) is 0.626. The van der Waals surface area contributed by atoms with Gasteiger partial charge in [0.25, 0.3) is 0 Å². The van der Waals surface area contributed by atoms with E-state index in [0.717, 1.165) is 0 Å². The molecule has 0 saturated heterocycles. The van der Waals surface area contributed by atoms with Crippen LogP contribution in [0.4, 0.5) is 0 Å². The van der Waals surface area contributed by atoms with E-state index in [1.54, 1.807) is 6.07 Å². The van der Waals surface area contributed by atoms with Gasteiger partial charge in [-0.3, -0.25) is 9.59 Å². The van der Waals surface area contributed by atoms with Crippen molar-refractivity contribution in [2.45, 2.75) is 12.8 Å². The summed E-state index contributed by atoms with van der Waals surface area (Å²) in [5.74, 6) is -0.812. The van der Waals surface area contributed by atoms with Crippen molar-refractivity contribution >= 4 is 24.2 Å². The highest BCUT2D eigenvalue weighted by atomic mass is 32.1. The van der Waals surface area contributed by atoms with E-state index in [2.05, 4.69) is 19.4 Å². The fourth-order valence-corrected chi connectivity index (χ4v) is 1.45. The number of ether oxygens (including phenoxy) is 2. The van der Waals surface area contributed by atoms with E-state index < -0.39 is 11.9 Å². The van der Waals surface area contributed by atoms with Crippen molar-refractivity contribution in [1.29, 1.82) is 0 Å². The first-order valence-electron chi connectivity index (χ1n) is 4.78. The van der Waals surface area contributed by atoms with Gasteiger partial charge >= 0.3 is 11.9 Å². The van der Waals surface area contributed by atoms with Crippen molar-refractivity contribution in [3.8, 4) is 0 Å². The molecule has 1 heterocycles. The number of aromatic nitrogens is 2. The SMILES string of the molecule is COC(=O)Cc1cc(CC(=O)OC)[nH]c(=S)n1. The molecule has 0 atom stereocenters. The predicted molar refractivity (Wildman–Crippen MR) is 60.9 cm³/mol. The van der Waals surface area contributed by atoms with E-state index >= 15 is 0 Å². The van der Waals surface area contributed by atoms with Crippen molar-refractivity contribution in [2.24, 2.45) is 0 Å². The standard InChI is InChI=1S/C10H12N2O4S/c1-15-8(13)4-6-3-7(5-9(14)16-2)12-10(17)11-6/h3H,4-5H2,1-2H3,(H,11,12,17). The molecule has 0 saturated carbocycles. The van der Waals surface area contributed by atoms with Gasteiger partial charge in [-0.25, -0.2) is 4.98 Å². The Balaban J connectivity index is 2.90. The molecule has 1 rings (SSSR count). The summed E-state index contributed by atoms with van der Waals surface area (Å²) in [5.41, 5.74) is 1.01. The van der Waals surface area contributed by atoms with Gasteiger partial charge in [0, 0.05) is 5.69 Å². The molecular weight excluding hydrogens is 244 g/mol. The van der Waals surface area contributed by atoms with Gasteiger partial charge < -0.3 is 14.5 Å². The second kappa shape index (κ2) is 6.09. The lowest BCUT2D eigenvalue weighted by atomic mass is 10.2. The molecule has 6 nitrogen and oxygen atoms in total. The molecule has 1 N–H and O–H groups in total. The molecule has 1 aromatic rings. The summed E-state index contributed by atoms with van der Waals surface area (Å²) in [5, 5.41) is 0. The average Bonchev–Trinajstić information content (AvgIpc) is 2.27. The van der Waals surface area contributed by atoms with E-state index in [9.17, 15) is 9.59 Å². The van der Waals surface area contributed by atoms with Crippen LogP contribution >= 0.6 is 12.2 Å². The highest BCUT2D eigenvalue weighted by Gasteiger charge is 2.08. The number of nitrogens with zero attached hydrogens (tertiary/aromatic N) is 1. The molecule has 92 valence electrons. The Bertz CT molecular complexity index is 444. The lowest BCUT2D eigenvalue weighted by Crippen LogP contribution is -2.10. The van der Waals surface area contributed by atoms with Gasteiger partial charge in [-0.05, 0) is 18.3 Å². The third kappa shape index (κ3) is 4.31. The smallest absolute Gasteiger partial charge is 0.311 e. The average molecular weight is 256 g/mol. The van der Waals surface area contributed by atoms with Crippen LogP contribution < -0.4 is 0 Å². The minimum atomic E-state index is -0.415. The fraction of sp³-hybridized carbons (Fsp3) is 0.400. The Morgan fingerprint density at radius 3 is 2.47 bits per heavy atom. The van der Waals surface area contributed by atoms with E-state index in [1.165, 1.54) is 14.2 Å². The minimum absolute atomic E-state index is 0.0169.